The molecule has 1 atom stereocenters. The molecule has 1 aromatic heterocycles. The second-order valence-corrected chi connectivity index (χ2v) is 9.07. The highest BCUT2D eigenvalue weighted by Gasteiger charge is 2.38. The van der Waals surface area contributed by atoms with Gasteiger partial charge in [0.25, 0.3) is 11.5 Å². The maximum atomic E-state index is 14.5. The van der Waals surface area contributed by atoms with Gasteiger partial charge in [0.1, 0.15) is 11.5 Å². The summed E-state index contributed by atoms with van der Waals surface area (Å²) in [5.74, 6) is -2.55. The van der Waals surface area contributed by atoms with E-state index in [0.717, 1.165) is 11.4 Å². The van der Waals surface area contributed by atoms with Gasteiger partial charge in [-0.05, 0) is 30.2 Å². The predicted octanol–water partition coefficient (Wildman–Crippen LogP) is 2.22. The minimum Gasteiger partial charge on any atom is -0.292 e. The zero-order valence-electron chi connectivity index (χ0n) is 17.0. The summed E-state index contributed by atoms with van der Waals surface area (Å²) < 4.78 is 78.9. The van der Waals surface area contributed by atoms with Crippen LogP contribution in [0.3, 0.4) is 0 Å². The molecule has 32 heavy (non-hydrogen) atoms. The molecule has 1 aromatic carbocycles. The molecule has 15 heteroatoms. The number of aromatic nitrogens is 2. The van der Waals surface area contributed by atoms with Gasteiger partial charge in [0.05, 0.1) is 22.3 Å². The summed E-state index contributed by atoms with van der Waals surface area (Å²) >= 11 is 5.84. The highest BCUT2D eigenvalue weighted by atomic mass is 35.5. The van der Waals surface area contributed by atoms with E-state index in [1.165, 1.54) is 7.05 Å². The van der Waals surface area contributed by atoms with Gasteiger partial charge in [0.15, 0.2) is 0 Å². The number of halogens is 5. The molecule has 1 amide bonds. The Kier molecular flexibility index (Phi) is 7.04. The normalized spacial score (nSPS) is 14.0. The molecule has 9 nitrogen and oxygen atoms in total. The first kappa shape index (κ1) is 25.7. The van der Waals surface area contributed by atoms with Crippen molar-refractivity contribution in [2.45, 2.75) is 26.1 Å². The minimum atomic E-state index is -5.03. The van der Waals surface area contributed by atoms with Crippen LogP contribution in [0.4, 0.5) is 17.6 Å². The molecule has 0 aliphatic carbocycles. The smallest absolute Gasteiger partial charge is 0.292 e. The maximum Gasteiger partial charge on any atom is 0.431 e. The molecule has 0 aliphatic heterocycles. The van der Waals surface area contributed by atoms with Crippen LogP contribution < -0.4 is 16.0 Å². The topological polar surface area (TPSA) is 114 Å². The maximum absolute atomic E-state index is 14.5. The van der Waals surface area contributed by atoms with Crippen molar-refractivity contribution in [1.29, 1.82) is 0 Å². The third-order valence-electron chi connectivity index (χ3n) is 4.48. The van der Waals surface area contributed by atoms with Gasteiger partial charge < -0.3 is 0 Å². The van der Waals surface area contributed by atoms with E-state index in [2.05, 4.69) is 0 Å². The minimum absolute atomic E-state index is 0.0776. The lowest BCUT2D eigenvalue weighted by Gasteiger charge is -2.18. The Labute approximate surface area is 184 Å². The SMILES string of the molecule is CC(C)N(C)[S+](=O)(O)NC(=O)c1cc(-n2c(=O)cc(C(F)(F)F)n(C)c2=O)c(F)cc1Cl. The largest absolute Gasteiger partial charge is 0.431 e. The van der Waals surface area contributed by atoms with E-state index in [0.29, 0.717) is 12.1 Å². The van der Waals surface area contributed by atoms with Crippen LogP contribution in [-0.4, -0.2) is 37.0 Å². The van der Waals surface area contributed by atoms with Crippen LogP contribution in [0.15, 0.2) is 27.8 Å². The van der Waals surface area contributed by atoms with Crippen molar-refractivity contribution in [3.63, 3.8) is 0 Å². The van der Waals surface area contributed by atoms with Gasteiger partial charge in [-0.25, -0.2) is 13.8 Å². The Morgan fingerprint density at radius 3 is 2.31 bits per heavy atom. The quantitative estimate of drug-likeness (QED) is 0.482. The van der Waals surface area contributed by atoms with Gasteiger partial charge in [-0.15, -0.1) is 9.27 Å². The number of rotatable bonds is 5. The van der Waals surface area contributed by atoms with Crippen LogP contribution in [0.5, 0.6) is 0 Å². The van der Waals surface area contributed by atoms with Gasteiger partial charge in [-0.1, -0.05) is 15.9 Å². The first-order valence-electron chi connectivity index (χ1n) is 8.70. The Bertz CT molecular complexity index is 1240. The lowest BCUT2D eigenvalue weighted by molar-refractivity contribution is -0.144. The lowest BCUT2D eigenvalue weighted by atomic mass is 10.1. The van der Waals surface area contributed by atoms with E-state index >= 15 is 0 Å². The number of benzene rings is 1. The Hall–Kier alpha value is -2.55. The third-order valence-corrected chi connectivity index (χ3v) is 6.44. The molecule has 0 saturated carbocycles. The number of hydrogen-bond acceptors (Lipinski definition) is 4. The van der Waals surface area contributed by atoms with Crippen LogP contribution in [0.2, 0.25) is 5.02 Å². The van der Waals surface area contributed by atoms with Crippen molar-refractivity contribution in [1.82, 2.24) is 18.2 Å². The molecule has 176 valence electrons. The molecule has 2 rings (SSSR count). The van der Waals surface area contributed by atoms with E-state index in [4.69, 9.17) is 11.6 Å². The summed E-state index contributed by atoms with van der Waals surface area (Å²) in [6, 6.07) is 0.780. The fourth-order valence-electron chi connectivity index (χ4n) is 2.54. The molecular formula is C17H18ClF4N4O5S+. The first-order chi connectivity index (χ1) is 14.5. The predicted molar refractivity (Wildman–Crippen MR) is 108 cm³/mol. The molecule has 2 aromatic rings. The van der Waals surface area contributed by atoms with E-state index in [-0.39, 0.29) is 15.2 Å². The second kappa shape index (κ2) is 8.77. The third kappa shape index (κ3) is 4.92. The zero-order valence-corrected chi connectivity index (χ0v) is 18.6. The Balaban J connectivity index is 2.66. The number of hydrogen-bond donors (Lipinski definition) is 2. The standard InChI is InChI=1S/C17H17ClF4N4O5S/c1-8(2)25(4)32(30,31)23-15(28)9-5-12(11(19)6-10(9)18)26-14(27)7-13(17(20,21)22)24(3)16(26)29/h5-8H,1-4H3,(H-,23,28,30,31)/p+1. The highest BCUT2D eigenvalue weighted by Crippen LogP contribution is 2.27. The fourth-order valence-corrected chi connectivity index (χ4v) is 3.84. The molecule has 0 radical (unpaired) electrons. The summed E-state index contributed by atoms with van der Waals surface area (Å²) in [4.78, 5) is 37.2. The van der Waals surface area contributed by atoms with Crippen molar-refractivity contribution in [3.8, 4) is 5.69 Å². The molecule has 0 spiro atoms. The van der Waals surface area contributed by atoms with E-state index < -0.39 is 67.7 Å². The summed E-state index contributed by atoms with van der Waals surface area (Å²) in [5, 5.41) is -0.539. The fraction of sp³-hybridized carbons (Fsp3) is 0.353. The lowest BCUT2D eigenvalue weighted by Crippen LogP contribution is -2.49. The van der Waals surface area contributed by atoms with Crippen LogP contribution in [0, 0.1) is 5.82 Å². The number of alkyl halides is 3. The monoisotopic (exact) mass is 501 g/mol. The average molecular weight is 502 g/mol. The van der Waals surface area contributed by atoms with Crippen molar-refractivity contribution >= 4 is 28.1 Å². The van der Waals surface area contributed by atoms with Crippen molar-refractivity contribution < 1.29 is 31.1 Å². The summed E-state index contributed by atoms with van der Waals surface area (Å²) in [6.07, 6.45) is -5.03. The molecule has 0 bridgehead atoms. The van der Waals surface area contributed by atoms with Crippen molar-refractivity contribution in [2.24, 2.45) is 7.05 Å². The highest BCUT2D eigenvalue weighted by molar-refractivity contribution is 7.94. The van der Waals surface area contributed by atoms with Gasteiger partial charge >= 0.3 is 22.5 Å². The number of nitrogens with one attached hydrogen (secondary N) is 1. The molecule has 2 N–H and O–H groups in total. The molecule has 0 aliphatic rings. The Morgan fingerprint density at radius 1 is 1.25 bits per heavy atom. The number of nitrogens with zero attached hydrogens (tertiary/aromatic N) is 3. The Morgan fingerprint density at radius 2 is 1.81 bits per heavy atom. The number of carbonyl (C=O) groups is 1. The second-order valence-electron chi connectivity index (χ2n) is 6.89. The van der Waals surface area contributed by atoms with Crippen molar-refractivity contribution in [3.05, 3.63) is 61.1 Å². The van der Waals surface area contributed by atoms with Crippen LogP contribution in [0.25, 0.3) is 5.69 Å². The molecule has 0 saturated heterocycles. The van der Waals surface area contributed by atoms with E-state index in [9.17, 15) is 40.7 Å². The van der Waals surface area contributed by atoms with Gasteiger partial charge in [0.2, 0.25) is 0 Å². The molecule has 0 fully saturated rings. The molecular weight excluding hydrogens is 484 g/mol. The van der Waals surface area contributed by atoms with Crippen LogP contribution in [-0.2, 0) is 28.0 Å². The van der Waals surface area contributed by atoms with Crippen LogP contribution >= 0.6 is 11.6 Å². The first-order valence-corrected chi connectivity index (χ1v) is 10.6. The van der Waals surface area contributed by atoms with Gasteiger partial charge in [0, 0.05) is 20.2 Å². The van der Waals surface area contributed by atoms with E-state index in [1.807, 2.05) is 0 Å². The van der Waals surface area contributed by atoms with Crippen molar-refractivity contribution in [2.75, 3.05) is 7.05 Å². The number of carbonyl (C=O) groups excluding carboxylic acids is 1. The van der Waals surface area contributed by atoms with Gasteiger partial charge in [-0.3, -0.25) is 14.2 Å². The number of amides is 1. The summed E-state index contributed by atoms with van der Waals surface area (Å²) in [5.41, 5.74) is -6.09. The van der Waals surface area contributed by atoms with Crippen LogP contribution in [0.1, 0.15) is 29.9 Å². The molecule has 1 unspecified atom stereocenters. The summed E-state index contributed by atoms with van der Waals surface area (Å²) in [6.45, 7) is 3.13. The summed E-state index contributed by atoms with van der Waals surface area (Å²) in [7, 11) is -2.11. The van der Waals surface area contributed by atoms with Gasteiger partial charge in [-0.2, -0.15) is 13.2 Å². The van der Waals surface area contributed by atoms with E-state index in [1.54, 1.807) is 18.6 Å². The average Bonchev–Trinajstić information content (AvgIpc) is 2.64. The zero-order chi connectivity index (χ0) is 24.8. The molecule has 1 heterocycles.